The average molecular weight is 504 g/mol. The summed E-state index contributed by atoms with van der Waals surface area (Å²) in [5.41, 5.74) is 0.880. The van der Waals surface area contributed by atoms with Crippen LogP contribution in [0.5, 0.6) is 5.75 Å². The topological polar surface area (TPSA) is 48.9 Å². The summed E-state index contributed by atoms with van der Waals surface area (Å²) in [6.45, 7) is 7.99. The molecule has 0 aromatic heterocycles. The Morgan fingerprint density at radius 1 is 1.36 bits per heavy atom. The molecule has 0 radical (unpaired) electrons. The number of halogens is 2. The zero-order valence-electron chi connectivity index (χ0n) is 17.2. The van der Waals surface area contributed by atoms with Crippen molar-refractivity contribution in [3.8, 4) is 5.75 Å². The highest BCUT2D eigenvalue weighted by Crippen LogP contribution is 2.30. The molecule has 1 aromatic carbocycles. The van der Waals surface area contributed by atoms with Gasteiger partial charge in [-0.25, -0.2) is 4.39 Å². The zero-order chi connectivity index (χ0) is 19.2. The van der Waals surface area contributed by atoms with Crippen LogP contribution in [0.25, 0.3) is 0 Å². The van der Waals surface area contributed by atoms with E-state index in [0.29, 0.717) is 24.3 Å². The Labute approximate surface area is 185 Å². The number of aliphatic imine (C=N–C) groups is 1. The molecule has 2 atom stereocenters. The van der Waals surface area contributed by atoms with E-state index in [2.05, 4.69) is 27.4 Å². The van der Waals surface area contributed by atoms with E-state index in [1.54, 1.807) is 19.2 Å². The van der Waals surface area contributed by atoms with Gasteiger partial charge < -0.3 is 15.4 Å². The standard InChI is InChI=1S/C21H33FN4O.HI/c1-4-26-11-5-6-18(26)13-24-21(23-3)25-15(2)17-9-10-20(19(22)12-17)27-14-16-7-8-16;/h9-10,12,15-16,18H,4-8,11,13-14H2,1-3H3,(H2,23,24,25);1H. The van der Waals surface area contributed by atoms with Crippen LogP contribution in [-0.4, -0.2) is 50.2 Å². The molecule has 2 aliphatic rings. The molecule has 28 heavy (non-hydrogen) atoms. The molecule has 3 rings (SSSR count). The third kappa shape index (κ3) is 6.47. The summed E-state index contributed by atoms with van der Waals surface area (Å²) in [5.74, 6) is 1.41. The van der Waals surface area contributed by atoms with Gasteiger partial charge in [0, 0.05) is 19.6 Å². The Morgan fingerprint density at radius 3 is 2.79 bits per heavy atom. The van der Waals surface area contributed by atoms with Crippen LogP contribution in [0.4, 0.5) is 4.39 Å². The van der Waals surface area contributed by atoms with Crippen molar-refractivity contribution in [2.75, 3.05) is 33.3 Å². The molecule has 1 aliphatic carbocycles. The Hall–Kier alpha value is -1.09. The molecule has 7 heteroatoms. The molecule has 2 unspecified atom stereocenters. The molecular weight excluding hydrogens is 470 g/mol. The van der Waals surface area contributed by atoms with Crippen LogP contribution < -0.4 is 15.4 Å². The van der Waals surface area contributed by atoms with E-state index in [1.165, 1.54) is 32.2 Å². The lowest BCUT2D eigenvalue weighted by molar-refractivity contribution is 0.267. The zero-order valence-corrected chi connectivity index (χ0v) is 19.5. The van der Waals surface area contributed by atoms with Crippen molar-refractivity contribution in [3.05, 3.63) is 29.6 Å². The number of likely N-dealkylation sites (N-methyl/N-ethyl adjacent to an activating group) is 1. The molecular formula is C21H34FIN4O. The highest BCUT2D eigenvalue weighted by Gasteiger charge is 2.24. The van der Waals surface area contributed by atoms with Crippen LogP contribution in [0, 0.1) is 11.7 Å². The molecule has 158 valence electrons. The van der Waals surface area contributed by atoms with Gasteiger partial charge in [0.25, 0.3) is 0 Å². The fraction of sp³-hybridized carbons (Fsp3) is 0.667. The van der Waals surface area contributed by atoms with E-state index in [1.807, 2.05) is 13.0 Å². The first-order valence-electron chi connectivity index (χ1n) is 10.2. The first kappa shape index (κ1) is 23.2. The van der Waals surface area contributed by atoms with Crippen molar-refractivity contribution >= 4 is 29.9 Å². The Morgan fingerprint density at radius 2 is 2.14 bits per heavy atom. The predicted molar refractivity (Wildman–Crippen MR) is 123 cm³/mol. The van der Waals surface area contributed by atoms with E-state index >= 15 is 0 Å². The summed E-state index contributed by atoms with van der Waals surface area (Å²) in [4.78, 5) is 6.82. The Bertz CT molecular complexity index is 653. The van der Waals surface area contributed by atoms with Gasteiger partial charge in [-0.3, -0.25) is 9.89 Å². The van der Waals surface area contributed by atoms with Gasteiger partial charge in [0.2, 0.25) is 0 Å². The minimum atomic E-state index is -0.297. The lowest BCUT2D eigenvalue weighted by Gasteiger charge is -2.25. The second-order valence-electron chi connectivity index (χ2n) is 7.69. The van der Waals surface area contributed by atoms with Gasteiger partial charge in [-0.1, -0.05) is 13.0 Å². The second kappa shape index (κ2) is 11.2. The Kier molecular flexibility index (Phi) is 9.27. The van der Waals surface area contributed by atoms with Crippen LogP contribution in [0.15, 0.2) is 23.2 Å². The fourth-order valence-electron chi connectivity index (χ4n) is 3.64. The number of benzene rings is 1. The van der Waals surface area contributed by atoms with Crippen molar-refractivity contribution in [2.45, 2.75) is 51.6 Å². The number of hydrogen-bond donors (Lipinski definition) is 2. The molecule has 5 nitrogen and oxygen atoms in total. The number of likely N-dealkylation sites (tertiary alicyclic amines) is 1. The maximum absolute atomic E-state index is 14.3. The van der Waals surface area contributed by atoms with Gasteiger partial charge in [0.15, 0.2) is 17.5 Å². The summed E-state index contributed by atoms with van der Waals surface area (Å²) in [6, 6.07) is 5.73. The normalized spacial score (nSPS) is 21.1. The molecule has 1 saturated carbocycles. The molecule has 1 saturated heterocycles. The van der Waals surface area contributed by atoms with Crippen LogP contribution >= 0.6 is 24.0 Å². The lowest BCUT2D eigenvalue weighted by Crippen LogP contribution is -2.45. The Balaban J connectivity index is 0.00000280. The summed E-state index contributed by atoms with van der Waals surface area (Å²) < 4.78 is 19.9. The van der Waals surface area contributed by atoms with Gasteiger partial charge in [0.05, 0.1) is 12.6 Å². The van der Waals surface area contributed by atoms with E-state index in [9.17, 15) is 4.39 Å². The fourth-order valence-corrected chi connectivity index (χ4v) is 3.64. The first-order valence-corrected chi connectivity index (χ1v) is 10.2. The molecule has 2 fully saturated rings. The van der Waals surface area contributed by atoms with Gasteiger partial charge in [-0.15, -0.1) is 24.0 Å². The molecule has 1 heterocycles. The molecule has 1 aliphatic heterocycles. The number of guanidine groups is 1. The first-order chi connectivity index (χ1) is 13.1. The SMILES string of the molecule is CCN1CCCC1CNC(=NC)NC(C)c1ccc(OCC2CC2)c(F)c1.I. The number of nitrogens with one attached hydrogen (secondary N) is 2. The second-order valence-corrected chi connectivity index (χ2v) is 7.69. The van der Waals surface area contributed by atoms with E-state index < -0.39 is 0 Å². The number of hydrogen-bond acceptors (Lipinski definition) is 3. The smallest absolute Gasteiger partial charge is 0.191 e. The molecule has 2 N–H and O–H groups in total. The summed E-state index contributed by atoms with van der Waals surface area (Å²) in [5, 5.41) is 6.78. The monoisotopic (exact) mass is 504 g/mol. The van der Waals surface area contributed by atoms with Crippen molar-refractivity contribution in [2.24, 2.45) is 10.9 Å². The van der Waals surface area contributed by atoms with Crippen LogP contribution in [0.2, 0.25) is 0 Å². The average Bonchev–Trinajstić information content (AvgIpc) is 3.39. The van der Waals surface area contributed by atoms with Gasteiger partial charge >= 0.3 is 0 Å². The number of rotatable bonds is 8. The van der Waals surface area contributed by atoms with Crippen molar-refractivity contribution in [1.82, 2.24) is 15.5 Å². The highest BCUT2D eigenvalue weighted by molar-refractivity contribution is 14.0. The van der Waals surface area contributed by atoms with Crippen molar-refractivity contribution in [3.63, 3.8) is 0 Å². The third-order valence-corrected chi connectivity index (χ3v) is 5.61. The maximum Gasteiger partial charge on any atom is 0.191 e. The molecule has 0 spiro atoms. The highest BCUT2D eigenvalue weighted by atomic mass is 127. The summed E-state index contributed by atoms with van der Waals surface area (Å²) in [6.07, 6.45) is 4.88. The number of nitrogens with zero attached hydrogens (tertiary/aromatic N) is 2. The quantitative estimate of drug-likeness (QED) is 0.320. The van der Waals surface area contributed by atoms with Crippen molar-refractivity contribution in [1.29, 1.82) is 0 Å². The third-order valence-electron chi connectivity index (χ3n) is 5.61. The van der Waals surface area contributed by atoms with Crippen LogP contribution in [0.3, 0.4) is 0 Å². The maximum atomic E-state index is 14.3. The molecule has 0 amide bonds. The van der Waals surface area contributed by atoms with Crippen LogP contribution in [0.1, 0.15) is 51.1 Å². The van der Waals surface area contributed by atoms with Gasteiger partial charge in [0.1, 0.15) is 0 Å². The minimum Gasteiger partial charge on any atom is -0.490 e. The van der Waals surface area contributed by atoms with Gasteiger partial charge in [-0.05, 0) is 69.3 Å². The van der Waals surface area contributed by atoms with Gasteiger partial charge in [-0.2, -0.15) is 0 Å². The molecule has 1 aromatic rings. The molecule has 0 bridgehead atoms. The van der Waals surface area contributed by atoms with E-state index in [0.717, 1.165) is 24.6 Å². The van der Waals surface area contributed by atoms with E-state index in [-0.39, 0.29) is 35.8 Å². The predicted octanol–water partition coefficient (Wildman–Crippen LogP) is 3.94. The van der Waals surface area contributed by atoms with Crippen LogP contribution in [-0.2, 0) is 0 Å². The van der Waals surface area contributed by atoms with Crippen molar-refractivity contribution < 1.29 is 9.13 Å². The largest absolute Gasteiger partial charge is 0.490 e. The van der Waals surface area contributed by atoms with E-state index in [4.69, 9.17) is 4.74 Å². The minimum absolute atomic E-state index is 0. The summed E-state index contributed by atoms with van der Waals surface area (Å²) >= 11 is 0. The summed E-state index contributed by atoms with van der Waals surface area (Å²) in [7, 11) is 1.77. The lowest BCUT2D eigenvalue weighted by atomic mass is 10.1. The number of ether oxygens (including phenoxy) is 1.